The summed E-state index contributed by atoms with van der Waals surface area (Å²) >= 11 is 3.45. The fourth-order valence-electron chi connectivity index (χ4n) is 1.38. The predicted molar refractivity (Wildman–Crippen MR) is 58.0 cm³/mol. The summed E-state index contributed by atoms with van der Waals surface area (Å²) in [5.74, 6) is 0.381. The lowest BCUT2D eigenvalue weighted by Crippen LogP contribution is -2.05. The highest BCUT2D eigenvalue weighted by atomic mass is 79.9. The Balaban J connectivity index is 3.28. The van der Waals surface area contributed by atoms with Gasteiger partial charge in [0.15, 0.2) is 0 Å². The van der Waals surface area contributed by atoms with Crippen LogP contribution in [-0.2, 0) is 6.42 Å². The van der Waals surface area contributed by atoms with E-state index in [-0.39, 0.29) is 0 Å². The van der Waals surface area contributed by atoms with Gasteiger partial charge in [0.2, 0.25) is 0 Å². The van der Waals surface area contributed by atoms with E-state index in [1.54, 1.807) is 0 Å². The Morgan fingerprint density at radius 3 is 2.62 bits per heavy atom. The summed E-state index contributed by atoms with van der Waals surface area (Å²) in [5, 5.41) is 9.76. The maximum Gasteiger partial charge on any atom is 0.122 e. The van der Waals surface area contributed by atoms with E-state index in [9.17, 15) is 5.11 Å². The number of hydrogen-bond acceptors (Lipinski definition) is 2. The molecule has 0 amide bonds. The molecule has 0 aliphatic heterocycles. The van der Waals surface area contributed by atoms with Crippen LogP contribution in [-0.4, -0.2) is 11.7 Å². The number of hydrogen-bond donors (Lipinski definition) is 2. The molecule has 13 heavy (non-hydrogen) atoms. The van der Waals surface area contributed by atoms with Gasteiger partial charge in [0.05, 0.1) is 0 Å². The molecule has 72 valence electrons. The van der Waals surface area contributed by atoms with E-state index in [4.69, 9.17) is 5.73 Å². The van der Waals surface area contributed by atoms with Gasteiger partial charge in [-0.2, -0.15) is 0 Å². The second kappa shape index (κ2) is 4.11. The molecule has 1 aromatic carbocycles. The second-order valence-corrected chi connectivity index (χ2v) is 4.02. The molecule has 0 aliphatic carbocycles. The minimum absolute atomic E-state index is 0.381. The molecule has 0 saturated carbocycles. The van der Waals surface area contributed by atoms with Crippen molar-refractivity contribution in [2.24, 2.45) is 5.73 Å². The van der Waals surface area contributed by atoms with Crippen molar-refractivity contribution < 1.29 is 5.11 Å². The van der Waals surface area contributed by atoms with Gasteiger partial charge in [-0.05, 0) is 49.6 Å². The first kappa shape index (κ1) is 10.5. The van der Waals surface area contributed by atoms with Crippen molar-refractivity contribution in [3.8, 4) is 5.75 Å². The summed E-state index contributed by atoms with van der Waals surface area (Å²) in [5.41, 5.74) is 8.39. The molecule has 0 fully saturated rings. The summed E-state index contributed by atoms with van der Waals surface area (Å²) in [4.78, 5) is 0. The number of phenols is 1. The van der Waals surface area contributed by atoms with Gasteiger partial charge in [0.1, 0.15) is 5.75 Å². The number of benzene rings is 1. The molecule has 0 saturated heterocycles. The lowest BCUT2D eigenvalue weighted by atomic mass is 10.0. The zero-order valence-electron chi connectivity index (χ0n) is 7.89. The Labute approximate surface area is 86.9 Å². The van der Waals surface area contributed by atoms with Gasteiger partial charge in [0.25, 0.3) is 0 Å². The molecule has 1 rings (SSSR count). The smallest absolute Gasteiger partial charge is 0.122 e. The summed E-state index contributed by atoms with van der Waals surface area (Å²) in [7, 11) is 0. The molecule has 1 aromatic rings. The van der Waals surface area contributed by atoms with Crippen molar-refractivity contribution in [3.05, 3.63) is 27.2 Å². The Kier molecular flexibility index (Phi) is 3.33. The molecule has 2 nitrogen and oxygen atoms in total. The highest BCUT2D eigenvalue weighted by molar-refractivity contribution is 9.10. The lowest BCUT2D eigenvalue weighted by Gasteiger charge is -2.11. The average Bonchev–Trinajstić information content (AvgIpc) is 2.09. The van der Waals surface area contributed by atoms with Crippen LogP contribution >= 0.6 is 15.9 Å². The maximum absolute atomic E-state index is 9.76. The van der Waals surface area contributed by atoms with E-state index in [1.807, 2.05) is 19.9 Å². The lowest BCUT2D eigenvalue weighted by molar-refractivity contribution is 0.463. The van der Waals surface area contributed by atoms with Gasteiger partial charge in [-0.3, -0.25) is 0 Å². The molecular formula is C10H14BrNO. The van der Waals surface area contributed by atoms with E-state index < -0.39 is 0 Å². The zero-order valence-corrected chi connectivity index (χ0v) is 9.48. The minimum Gasteiger partial charge on any atom is -0.507 e. The van der Waals surface area contributed by atoms with Crippen LogP contribution in [0, 0.1) is 13.8 Å². The van der Waals surface area contributed by atoms with Gasteiger partial charge in [-0.15, -0.1) is 0 Å². The van der Waals surface area contributed by atoms with Gasteiger partial charge in [0, 0.05) is 4.47 Å². The van der Waals surface area contributed by atoms with Crippen LogP contribution in [0.3, 0.4) is 0 Å². The van der Waals surface area contributed by atoms with Crippen molar-refractivity contribution in [2.45, 2.75) is 20.3 Å². The number of halogens is 1. The van der Waals surface area contributed by atoms with Crippen LogP contribution in [0.1, 0.15) is 16.7 Å². The first-order valence-corrected chi connectivity index (χ1v) is 5.04. The molecular weight excluding hydrogens is 230 g/mol. The third-order valence-corrected chi connectivity index (χ3v) is 3.03. The van der Waals surface area contributed by atoms with Crippen LogP contribution < -0.4 is 5.73 Å². The zero-order chi connectivity index (χ0) is 10.0. The Bertz CT molecular complexity index is 297. The molecule has 0 radical (unpaired) electrons. The molecule has 0 bridgehead atoms. The Morgan fingerprint density at radius 2 is 2.08 bits per heavy atom. The van der Waals surface area contributed by atoms with Crippen LogP contribution in [0.2, 0.25) is 0 Å². The third-order valence-electron chi connectivity index (χ3n) is 2.21. The van der Waals surface area contributed by atoms with Crippen molar-refractivity contribution in [1.29, 1.82) is 0 Å². The van der Waals surface area contributed by atoms with E-state index in [0.29, 0.717) is 12.3 Å². The topological polar surface area (TPSA) is 46.2 Å². The number of rotatable bonds is 2. The van der Waals surface area contributed by atoms with E-state index in [1.165, 1.54) is 0 Å². The van der Waals surface area contributed by atoms with Gasteiger partial charge < -0.3 is 10.8 Å². The molecule has 0 spiro atoms. The molecule has 3 heteroatoms. The summed E-state index contributed by atoms with van der Waals surface area (Å²) < 4.78 is 1.03. The largest absolute Gasteiger partial charge is 0.507 e. The van der Waals surface area contributed by atoms with Crippen molar-refractivity contribution >= 4 is 15.9 Å². The minimum atomic E-state index is 0.381. The fraction of sp³-hybridized carbons (Fsp3) is 0.400. The van der Waals surface area contributed by atoms with Crippen molar-refractivity contribution in [3.63, 3.8) is 0 Å². The van der Waals surface area contributed by atoms with Crippen LogP contribution in [0.4, 0.5) is 0 Å². The molecule has 3 N–H and O–H groups in total. The molecule has 0 heterocycles. The Hall–Kier alpha value is -0.540. The quantitative estimate of drug-likeness (QED) is 0.838. The summed E-state index contributed by atoms with van der Waals surface area (Å²) in [6.45, 7) is 4.43. The average molecular weight is 244 g/mol. The highest BCUT2D eigenvalue weighted by Crippen LogP contribution is 2.31. The van der Waals surface area contributed by atoms with Crippen LogP contribution in [0.15, 0.2) is 10.5 Å². The van der Waals surface area contributed by atoms with Crippen molar-refractivity contribution in [1.82, 2.24) is 0 Å². The Morgan fingerprint density at radius 1 is 1.46 bits per heavy atom. The van der Waals surface area contributed by atoms with Gasteiger partial charge in [-0.1, -0.05) is 15.9 Å². The fourth-order valence-corrected chi connectivity index (χ4v) is 1.96. The van der Waals surface area contributed by atoms with Crippen LogP contribution in [0.25, 0.3) is 0 Å². The first-order chi connectivity index (χ1) is 6.07. The maximum atomic E-state index is 9.76. The van der Waals surface area contributed by atoms with Crippen molar-refractivity contribution in [2.75, 3.05) is 6.54 Å². The van der Waals surface area contributed by atoms with E-state index in [0.717, 1.165) is 27.6 Å². The predicted octanol–water partition coefficient (Wildman–Crippen LogP) is 2.27. The number of aromatic hydroxyl groups is 1. The monoisotopic (exact) mass is 243 g/mol. The summed E-state index contributed by atoms with van der Waals surface area (Å²) in [6, 6.07) is 1.92. The first-order valence-electron chi connectivity index (χ1n) is 4.25. The summed E-state index contributed by atoms with van der Waals surface area (Å²) in [6.07, 6.45) is 0.720. The third kappa shape index (κ3) is 2.03. The second-order valence-electron chi connectivity index (χ2n) is 3.17. The number of aryl methyl sites for hydroxylation is 1. The normalized spacial score (nSPS) is 10.5. The van der Waals surface area contributed by atoms with Gasteiger partial charge >= 0.3 is 0 Å². The standard InChI is InChI=1S/C10H14BrNO/c1-6-5-9(11)7(2)8(3-4-12)10(6)13/h5,13H,3-4,12H2,1-2H3. The molecule has 0 aromatic heterocycles. The number of phenolic OH excluding ortho intramolecular Hbond substituents is 1. The van der Waals surface area contributed by atoms with Crippen LogP contribution in [0.5, 0.6) is 5.75 Å². The van der Waals surface area contributed by atoms with E-state index in [2.05, 4.69) is 15.9 Å². The molecule has 0 unspecified atom stereocenters. The highest BCUT2D eigenvalue weighted by Gasteiger charge is 2.10. The number of nitrogens with two attached hydrogens (primary N) is 1. The molecule has 0 atom stereocenters. The van der Waals surface area contributed by atoms with E-state index >= 15 is 0 Å². The molecule has 0 aliphatic rings. The van der Waals surface area contributed by atoms with Gasteiger partial charge in [-0.25, -0.2) is 0 Å². The SMILES string of the molecule is Cc1cc(Br)c(C)c(CCN)c1O.